The summed E-state index contributed by atoms with van der Waals surface area (Å²) in [5.74, 6) is 6.60. The first-order valence-corrected chi connectivity index (χ1v) is 11.9. The van der Waals surface area contributed by atoms with Crippen LogP contribution in [0.5, 0.6) is 0 Å². The molecule has 2 aliphatic rings. The molecule has 33 heavy (non-hydrogen) atoms. The minimum atomic E-state index is -0.386. The normalized spacial score (nSPS) is 24.4. The number of aliphatic hydroxyl groups excluding tert-OH is 1. The lowest BCUT2D eigenvalue weighted by atomic mass is 9.61. The summed E-state index contributed by atoms with van der Waals surface area (Å²) in [4.78, 5) is 13.0. The zero-order valence-corrected chi connectivity index (χ0v) is 20.5. The number of carbonyl (C=O) groups excluding carboxylic acids is 1. The molecule has 2 atom stereocenters. The Hall–Kier alpha value is -2.89. The molecule has 0 spiro atoms. The van der Waals surface area contributed by atoms with E-state index >= 15 is 0 Å². The third-order valence-corrected chi connectivity index (χ3v) is 7.33. The molecule has 0 aliphatic heterocycles. The average Bonchev–Trinajstić information content (AvgIpc) is 2.78. The first-order chi connectivity index (χ1) is 15.6. The molecular weight excluding hydrogens is 404 g/mol. The fraction of sp³-hybridized carbons (Fsp3) is 0.387. The summed E-state index contributed by atoms with van der Waals surface area (Å²) in [5, 5.41) is 10.7. The minimum Gasteiger partial charge on any atom is -0.392 e. The lowest BCUT2D eigenvalue weighted by Gasteiger charge is -2.45. The smallest absolute Gasteiger partial charge is 0.184 e. The fourth-order valence-corrected chi connectivity index (χ4v) is 5.15. The Labute approximate surface area is 198 Å². The lowest BCUT2D eigenvalue weighted by Crippen LogP contribution is -2.42. The van der Waals surface area contributed by atoms with Crippen LogP contribution in [-0.2, 0) is 10.2 Å². The van der Waals surface area contributed by atoms with E-state index in [-0.39, 0.29) is 22.7 Å². The van der Waals surface area contributed by atoms with Crippen LogP contribution >= 0.6 is 0 Å². The predicted octanol–water partition coefficient (Wildman–Crippen LogP) is 6.61. The number of hydrogen-bond acceptors (Lipinski definition) is 2. The van der Waals surface area contributed by atoms with Crippen molar-refractivity contribution in [1.29, 1.82) is 0 Å². The molecule has 4 rings (SSSR count). The highest BCUT2D eigenvalue weighted by molar-refractivity contribution is 6.12. The van der Waals surface area contributed by atoms with E-state index in [1.54, 1.807) is 0 Å². The molecule has 2 aliphatic carbocycles. The van der Waals surface area contributed by atoms with E-state index in [1.807, 2.05) is 37.3 Å². The van der Waals surface area contributed by atoms with Gasteiger partial charge in [0.1, 0.15) is 0 Å². The highest BCUT2D eigenvalue weighted by Gasteiger charge is 2.45. The van der Waals surface area contributed by atoms with Crippen molar-refractivity contribution >= 4 is 11.9 Å². The molecule has 0 unspecified atom stereocenters. The number of fused-ring (bicyclic) bond motifs is 1. The van der Waals surface area contributed by atoms with E-state index in [0.29, 0.717) is 6.42 Å². The molecule has 0 radical (unpaired) electrons. The summed E-state index contributed by atoms with van der Waals surface area (Å²) in [6.07, 6.45) is 4.89. The van der Waals surface area contributed by atoms with Crippen molar-refractivity contribution in [3.8, 4) is 11.8 Å². The summed E-state index contributed by atoms with van der Waals surface area (Å²) in [5.41, 5.74) is 6.82. The van der Waals surface area contributed by atoms with Crippen LogP contribution < -0.4 is 0 Å². The third-order valence-electron chi connectivity index (χ3n) is 7.33. The number of ketones is 1. The van der Waals surface area contributed by atoms with E-state index in [1.165, 1.54) is 5.56 Å². The molecule has 2 heteroatoms. The summed E-state index contributed by atoms with van der Waals surface area (Å²) in [6.45, 7) is 10.7. The maximum Gasteiger partial charge on any atom is 0.184 e. The highest BCUT2D eigenvalue weighted by Crippen LogP contribution is 2.50. The van der Waals surface area contributed by atoms with E-state index in [0.717, 1.165) is 52.7 Å². The largest absolute Gasteiger partial charge is 0.392 e. The van der Waals surface area contributed by atoms with E-state index in [9.17, 15) is 9.90 Å². The number of benzene rings is 2. The topological polar surface area (TPSA) is 37.3 Å². The van der Waals surface area contributed by atoms with Crippen molar-refractivity contribution in [3.05, 3.63) is 87.5 Å². The number of rotatable bonds is 1. The van der Waals surface area contributed by atoms with Gasteiger partial charge in [0, 0.05) is 22.1 Å². The summed E-state index contributed by atoms with van der Waals surface area (Å²) in [7, 11) is 0. The second-order valence-electron chi connectivity index (χ2n) is 10.8. The van der Waals surface area contributed by atoms with Gasteiger partial charge in [-0.25, -0.2) is 0 Å². The van der Waals surface area contributed by atoms with Gasteiger partial charge in [-0.3, -0.25) is 4.79 Å². The van der Waals surface area contributed by atoms with Gasteiger partial charge in [-0.15, -0.1) is 0 Å². The molecule has 2 aromatic carbocycles. The van der Waals surface area contributed by atoms with Crippen molar-refractivity contribution in [2.24, 2.45) is 5.41 Å². The Morgan fingerprint density at radius 2 is 1.58 bits per heavy atom. The van der Waals surface area contributed by atoms with Crippen LogP contribution in [0.15, 0.2) is 65.3 Å². The Balaban J connectivity index is 1.53. The Kier molecular flexibility index (Phi) is 6.21. The standard InChI is InChI=1S/C31H34O2/c1-21-27-7-6-8-28(32)31(27,5)20-25(29(21)33)19-24-13-11-22(12-14-24)9-10-23-15-17-26(18-16-23)30(2,3)4/h11-19,28,32H,6-8,20H2,1-5H3/t28-,31-/m0/s1. The molecule has 1 saturated carbocycles. The first-order valence-electron chi connectivity index (χ1n) is 11.9. The molecular formula is C31H34O2. The van der Waals surface area contributed by atoms with Gasteiger partial charge in [-0.05, 0) is 85.1 Å². The van der Waals surface area contributed by atoms with Gasteiger partial charge in [0.15, 0.2) is 5.78 Å². The SMILES string of the molecule is CC1=C2CCC[C@H](O)[C@@]2(C)CC(=Cc2ccc(C#Cc3ccc(C(C)(C)C)cc3)cc2)C1=O. The fourth-order valence-electron chi connectivity index (χ4n) is 5.15. The number of Topliss-reactive ketones (excluding diaryl/α,β-unsaturated/α-hetero) is 1. The van der Waals surface area contributed by atoms with Gasteiger partial charge in [-0.2, -0.15) is 0 Å². The quantitative estimate of drug-likeness (QED) is 0.402. The van der Waals surface area contributed by atoms with Crippen LogP contribution in [0.1, 0.15) is 82.6 Å². The molecule has 0 bridgehead atoms. The first kappa shape index (κ1) is 23.3. The molecule has 2 nitrogen and oxygen atoms in total. The molecule has 0 heterocycles. The number of allylic oxidation sites excluding steroid dienone is 2. The molecule has 1 fully saturated rings. The summed E-state index contributed by atoms with van der Waals surface area (Å²) in [6, 6.07) is 16.5. The van der Waals surface area contributed by atoms with Crippen LogP contribution in [-0.4, -0.2) is 17.0 Å². The van der Waals surface area contributed by atoms with Gasteiger partial charge in [0.25, 0.3) is 0 Å². The Morgan fingerprint density at radius 3 is 2.15 bits per heavy atom. The van der Waals surface area contributed by atoms with Crippen molar-refractivity contribution in [3.63, 3.8) is 0 Å². The second kappa shape index (κ2) is 8.81. The lowest BCUT2D eigenvalue weighted by molar-refractivity contribution is -0.113. The second-order valence-corrected chi connectivity index (χ2v) is 10.8. The monoisotopic (exact) mass is 438 g/mol. The van der Waals surface area contributed by atoms with E-state index in [2.05, 4.69) is 63.8 Å². The molecule has 0 aromatic heterocycles. The van der Waals surface area contributed by atoms with Crippen LogP contribution in [0.2, 0.25) is 0 Å². The van der Waals surface area contributed by atoms with Crippen molar-refractivity contribution in [2.45, 2.75) is 71.8 Å². The van der Waals surface area contributed by atoms with Crippen LogP contribution in [0, 0.1) is 17.3 Å². The van der Waals surface area contributed by atoms with Crippen molar-refractivity contribution in [1.82, 2.24) is 0 Å². The summed E-state index contributed by atoms with van der Waals surface area (Å²) >= 11 is 0. The van der Waals surface area contributed by atoms with Gasteiger partial charge < -0.3 is 5.11 Å². The van der Waals surface area contributed by atoms with Crippen LogP contribution in [0.25, 0.3) is 6.08 Å². The van der Waals surface area contributed by atoms with Gasteiger partial charge in [-0.1, -0.05) is 69.4 Å². The number of carbonyl (C=O) groups is 1. The van der Waals surface area contributed by atoms with Crippen LogP contribution in [0.4, 0.5) is 0 Å². The Bertz CT molecular complexity index is 1170. The Morgan fingerprint density at radius 1 is 1.00 bits per heavy atom. The van der Waals surface area contributed by atoms with Gasteiger partial charge >= 0.3 is 0 Å². The molecule has 2 aromatic rings. The summed E-state index contributed by atoms with van der Waals surface area (Å²) < 4.78 is 0. The minimum absolute atomic E-state index is 0.124. The maximum absolute atomic E-state index is 13.0. The zero-order valence-electron chi connectivity index (χ0n) is 20.5. The van der Waals surface area contributed by atoms with Gasteiger partial charge in [0.2, 0.25) is 0 Å². The van der Waals surface area contributed by atoms with E-state index in [4.69, 9.17) is 0 Å². The maximum atomic E-state index is 13.0. The predicted molar refractivity (Wildman–Crippen MR) is 136 cm³/mol. The molecule has 1 N–H and O–H groups in total. The van der Waals surface area contributed by atoms with Crippen molar-refractivity contribution in [2.75, 3.05) is 0 Å². The van der Waals surface area contributed by atoms with Gasteiger partial charge in [0.05, 0.1) is 6.10 Å². The molecule has 0 saturated heterocycles. The molecule has 0 amide bonds. The zero-order chi connectivity index (χ0) is 23.8. The number of hydrogen-bond donors (Lipinski definition) is 1. The highest BCUT2D eigenvalue weighted by atomic mass is 16.3. The number of aliphatic hydroxyl groups is 1. The third kappa shape index (κ3) is 4.75. The molecule has 170 valence electrons. The van der Waals surface area contributed by atoms with Crippen LogP contribution in [0.3, 0.4) is 0 Å². The van der Waals surface area contributed by atoms with E-state index < -0.39 is 0 Å². The average molecular weight is 439 g/mol. The van der Waals surface area contributed by atoms with Crippen molar-refractivity contribution < 1.29 is 9.90 Å².